The molecule has 0 heterocycles. The molecule has 0 bridgehead atoms. The van der Waals surface area contributed by atoms with E-state index in [-0.39, 0.29) is 0 Å². The Bertz CT molecular complexity index is 176. The summed E-state index contributed by atoms with van der Waals surface area (Å²) in [5, 5.41) is 3.46. The van der Waals surface area contributed by atoms with Crippen LogP contribution in [0, 0.1) is 0 Å². The molecule has 0 rings (SSSR count). The van der Waals surface area contributed by atoms with Gasteiger partial charge < -0.3 is 5.32 Å². The molecule has 0 amide bonds. The molecule has 0 aromatic heterocycles. The number of rotatable bonds is 9. The van der Waals surface area contributed by atoms with Crippen LogP contribution < -0.4 is 5.32 Å². The normalized spacial score (nSPS) is 13.8. The van der Waals surface area contributed by atoms with Crippen LogP contribution in [0.1, 0.15) is 47.5 Å². The monoisotopic (exact) mass is 226 g/mol. The SMILES string of the molecule is C=CCN(C(C)C)C(C)CCCNC(C)C. The van der Waals surface area contributed by atoms with Crippen LogP contribution in [0.5, 0.6) is 0 Å². The van der Waals surface area contributed by atoms with Crippen molar-refractivity contribution < 1.29 is 0 Å². The van der Waals surface area contributed by atoms with Gasteiger partial charge >= 0.3 is 0 Å². The highest BCUT2D eigenvalue weighted by atomic mass is 15.2. The zero-order chi connectivity index (χ0) is 12.6. The maximum Gasteiger partial charge on any atom is 0.0166 e. The molecule has 1 atom stereocenters. The Hall–Kier alpha value is -0.340. The molecular formula is C14H30N2. The lowest BCUT2D eigenvalue weighted by atomic mass is 10.1. The summed E-state index contributed by atoms with van der Waals surface area (Å²) in [5.74, 6) is 0. The minimum Gasteiger partial charge on any atom is -0.315 e. The third kappa shape index (κ3) is 7.02. The molecule has 0 spiro atoms. The Labute approximate surface area is 102 Å². The second-order valence-electron chi connectivity index (χ2n) is 5.18. The van der Waals surface area contributed by atoms with Gasteiger partial charge in [0.25, 0.3) is 0 Å². The van der Waals surface area contributed by atoms with E-state index in [4.69, 9.17) is 0 Å². The summed E-state index contributed by atoms with van der Waals surface area (Å²) in [4.78, 5) is 2.50. The summed E-state index contributed by atoms with van der Waals surface area (Å²) in [6, 6.07) is 1.85. The number of nitrogens with one attached hydrogen (secondary N) is 1. The Balaban J connectivity index is 3.82. The van der Waals surface area contributed by atoms with E-state index in [2.05, 4.69) is 51.4 Å². The maximum atomic E-state index is 3.83. The smallest absolute Gasteiger partial charge is 0.0166 e. The van der Waals surface area contributed by atoms with Crippen molar-refractivity contribution in [3.8, 4) is 0 Å². The van der Waals surface area contributed by atoms with Gasteiger partial charge in [0.05, 0.1) is 0 Å². The molecular weight excluding hydrogens is 196 g/mol. The van der Waals surface area contributed by atoms with Gasteiger partial charge in [-0.05, 0) is 40.2 Å². The van der Waals surface area contributed by atoms with Gasteiger partial charge in [-0.25, -0.2) is 0 Å². The fourth-order valence-corrected chi connectivity index (χ4v) is 2.00. The number of hydrogen-bond donors (Lipinski definition) is 1. The summed E-state index contributed by atoms with van der Waals surface area (Å²) in [7, 11) is 0. The van der Waals surface area contributed by atoms with Gasteiger partial charge in [0.2, 0.25) is 0 Å². The molecule has 0 aromatic rings. The van der Waals surface area contributed by atoms with Crippen molar-refractivity contribution in [2.45, 2.75) is 65.6 Å². The van der Waals surface area contributed by atoms with Gasteiger partial charge in [-0.1, -0.05) is 19.9 Å². The highest BCUT2D eigenvalue weighted by Gasteiger charge is 2.14. The molecule has 16 heavy (non-hydrogen) atoms. The van der Waals surface area contributed by atoms with Crippen LogP contribution in [-0.2, 0) is 0 Å². The van der Waals surface area contributed by atoms with Crippen molar-refractivity contribution in [1.82, 2.24) is 10.2 Å². The van der Waals surface area contributed by atoms with Crippen molar-refractivity contribution in [2.75, 3.05) is 13.1 Å². The highest BCUT2D eigenvalue weighted by molar-refractivity contribution is 4.79. The van der Waals surface area contributed by atoms with Crippen molar-refractivity contribution in [1.29, 1.82) is 0 Å². The standard InChI is InChI=1S/C14H30N2/c1-7-11-16(13(4)5)14(6)9-8-10-15-12(2)3/h7,12-15H,1,8-11H2,2-6H3. The molecule has 0 aliphatic rings. The lowest BCUT2D eigenvalue weighted by Gasteiger charge is -2.31. The van der Waals surface area contributed by atoms with Crippen LogP contribution in [-0.4, -0.2) is 36.1 Å². The first kappa shape index (κ1) is 15.7. The van der Waals surface area contributed by atoms with E-state index in [0.717, 1.165) is 13.1 Å². The van der Waals surface area contributed by atoms with E-state index in [0.29, 0.717) is 18.1 Å². The fraction of sp³-hybridized carbons (Fsp3) is 0.857. The Kier molecular flexibility index (Phi) is 8.58. The van der Waals surface area contributed by atoms with E-state index < -0.39 is 0 Å². The lowest BCUT2D eigenvalue weighted by Crippen LogP contribution is -2.39. The fourth-order valence-electron chi connectivity index (χ4n) is 2.00. The zero-order valence-corrected chi connectivity index (χ0v) is 11.8. The summed E-state index contributed by atoms with van der Waals surface area (Å²) in [6.45, 7) is 17.2. The molecule has 1 N–H and O–H groups in total. The first-order valence-corrected chi connectivity index (χ1v) is 6.59. The predicted octanol–water partition coefficient (Wildman–Crippen LogP) is 3.05. The molecule has 0 fully saturated rings. The highest BCUT2D eigenvalue weighted by Crippen LogP contribution is 2.10. The van der Waals surface area contributed by atoms with Crippen LogP contribution >= 0.6 is 0 Å². The molecule has 96 valence electrons. The van der Waals surface area contributed by atoms with E-state index in [1.807, 2.05) is 6.08 Å². The zero-order valence-electron chi connectivity index (χ0n) is 11.8. The largest absolute Gasteiger partial charge is 0.315 e. The molecule has 2 nitrogen and oxygen atoms in total. The second-order valence-corrected chi connectivity index (χ2v) is 5.18. The Morgan fingerprint density at radius 3 is 2.25 bits per heavy atom. The molecule has 2 heteroatoms. The van der Waals surface area contributed by atoms with Gasteiger partial charge in [0, 0.05) is 24.7 Å². The third-order valence-electron chi connectivity index (χ3n) is 2.92. The minimum absolute atomic E-state index is 0.602. The molecule has 0 aliphatic heterocycles. The molecule has 0 aromatic carbocycles. The van der Waals surface area contributed by atoms with Crippen LogP contribution in [0.4, 0.5) is 0 Å². The van der Waals surface area contributed by atoms with Crippen LogP contribution in [0.2, 0.25) is 0 Å². The first-order chi connectivity index (χ1) is 7.49. The van der Waals surface area contributed by atoms with E-state index in [1.54, 1.807) is 0 Å². The summed E-state index contributed by atoms with van der Waals surface area (Å²) in [6.07, 6.45) is 4.51. The van der Waals surface area contributed by atoms with Crippen LogP contribution in [0.25, 0.3) is 0 Å². The number of nitrogens with zero attached hydrogens (tertiary/aromatic N) is 1. The quantitative estimate of drug-likeness (QED) is 0.480. The summed E-state index contributed by atoms with van der Waals surface area (Å²) < 4.78 is 0. The van der Waals surface area contributed by atoms with Crippen molar-refractivity contribution in [3.05, 3.63) is 12.7 Å². The molecule has 0 radical (unpaired) electrons. The topological polar surface area (TPSA) is 15.3 Å². The van der Waals surface area contributed by atoms with Gasteiger partial charge in [0.15, 0.2) is 0 Å². The maximum absolute atomic E-state index is 3.83. The van der Waals surface area contributed by atoms with Crippen LogP contribution in [0.3, 0.4) is 0 Å². The average molecular weight is 226 g/mol. The van der Waals surface area contributed by atoms with Gasteiger partial charge in [0.1, 0.15) is 0 Å². The Morgan fingerprint density at radius 2 is 1.81 bits per heavy atom. The average Bonchev–Trinajstić information content (AvgIpc) is 2.19. The van der Waals surface area contributed by atoms with Gasteiger partial charge in [-0.15, -0.1) is 6.58 Å². The second kappa shape index (κ2) is 8.77. The first-order valence-electron chi connectivity index (χ1n) is 6.59. The van der Waals surface area contributed by atoms with E-state index in [9.17, 15) is 0 Å². The molecule has 0 aliphatic carbocycles. The third-order valence-corrected chi connectivity index (χ3v) is 2.92. The molecule has 1 unspecified atom stereocenters. The number of hydrogen-bond acceptors (Lipinski definition) is 2. The minimum atomic E-state index is 0.602. The lowest BCUT2D eigenvalue weighted by molar-refractivity contribution is 0.173. The van der Waals surface area contributed by atoms with Crippen LogP contribution in [0.15, 0.2) is 12.7 Å². The van der Waals surface area contributed by atoms with E-state index in [1.165, 1.54) is 12.8 Å². The summed E-state index contributed by atoms with van der Waals surface area (Å²) >= 11 is 0. The van der Waals surface area contributed by atoms with Gasteiger partial charge in [-0.3, -0.25) is 4.90 Å². The summed E-state index contributed by atoms with van der Waals surface area (Å²) in [5.41, 5.74) is 0. The molecule has 0 saturated heterocycles. The van der Waals surface area contributed by atoms with Crippen molar-refractivity contribution in [2.24, 2.45) is 0 Å². The van der Waals surface area contributed by atoms with Crippen molar-refractivity contribution >= 4 is 0 Å². The Morgan fingerprint density at radius 1 is 1.19 bits per heavy atom. The van der Waals surface area contributed by atoms with Crippen molar-refractivity contribution in [3.63, 3.8) is 0 Å². The van der Waals surface area contributed by atoms with Gasteiger partial charge in [-0.2, -0.15) is 0 Å². The molecule has 0 saturated carbocycles. The van der Waals surface area contributed by atoms with E-state index >= 15 is 0 Å². The predicted molar refractivity (Wildman–Crippen MR) is 73.9 cm³/mol.